The molecule has 1 rings (SSSR count). The van der Waals surface area contributed by atoms with Crippen molar-refractivity contribution in [1.82, 2.24) is 10.2 Å². The first-order valence-corrected chi connectivity index (χ1v) is 4.74. The molecule has 0 amide bonds. The van der Waals surface area contributed by atoms with E-state index in [-0.39, 0.29) is 0 Å². The van der Waals surface area contributed by atoms with Gasteiger partial charge in [0.2, 0.25) is 0 Å². The number of hydrogen-bond donors (Lipinski definition) is 2. The highest BCUT2D eigenvalue weighted by Gasteiger charge is 2.40. The third-order valence-corrected chi connectivity index (χ3v) is 2.63. The molecule has 0 saturated heterocycles. The first-order valence-electron chi connectivity index (χ1n) is 4.74. The number of hydrogen-bond acceptors (Lipinski definition) is 3. The standard InChI is InChI=1S/C9H21N3/c1-12(2)6-5-11-8-9(7-10)3-4-9/h11H,3-8,10H2,1-2H3. The van der Waals surface area contributed by atoms with E-state index < -0.39 is 0 Å². The maximum atomic E-state index is 5.66. The van der Waals surface area contributed by atoms with Crippen molar-refractivity contribution in [2.24, 2.45) is 11.1 Å². The molecule has 0 unspecified atom stereocenters. The number of nitrogens with one attached hydrogen (secondary N) is 1. The second kappa shape index (κ2) is 4.21. The van der Waals surface area contributed by atoms with E-state index >= 15 is 0 Å². The Kier molecular flexibility index (Phi) is 3.50. The van der Waals surface area contributed by atoms with Crippen LogP contribution in [0.2, 0.25) is 0 Å². The second-order valence-electron chi connectivity index (χ2n) is 4.18. The predicted molar refractivity (Wildman–Crippen MR) is 52.1 cm³/mol. The van der Waals surface area contributed by atoms with Crippen molar-refractivity contribution in [3.05, 3.63) is 0 Å². The molecule has 0 aliphatic heterocycles. The third kappa shape index (κ3) is 3.09. The summed E-state index contributed by atoms with van der Waals surface area (Å²) in [7, 11) is 4.19. The van der Waals surface area contributed by atoms with E-state index in [0.717, 1.165) is 26.2 Å². The molecule has 12 heavy (non-hydrogen) atoms. The van der Waals surface area contributed by atoms with E-state index in [1.54, 1.807) is 0 Å². The summed E-state index contributed by atoms with van der Waals surface area (Å²) in [6, 6.07) is 0. The number of nitrogens with zero attached hydrogens (tertiary/aromatic N) is 1. The molecule has 0 bridgehead atoms. The Balaban J connectivity index is 1.95. The Bertz CT molecular complexity index is 130. The Labute approximate surface area is 75.3 Å². The zero-order valence-corrected chi connectivity index (χ0v) is 8.27. The molecule has 0 spiro atoms. The number of nitrogens with two attached hydrogens (primary N) is 1. The van der Waals surface area contributed by atoms with Crippen LogP contribution in [0.25, 0.3) is 0 Å². The van der Waals surface area contributed by atoms with Crippen LogP contribution in [0.5, 0.6) is 0 Å². The van der Waals surface area contributed by atoms with E-state index in [1.165, 1.54) is 12.8 Å². The lowest BCUT2D eigenvalue weighted by Gasteiger charge is -2.15. The SMILES string of the molecule is CN(C)CCNCC1(CN)CC1. The summed E-state index contributed by atoms with van der Waals surface area (Å²) in [6.07, 6.45) is 2.64. The number of likely N-dealkylation sites (N-methyl/N-ethyl adjacent to an activating group) is 1. The molecule has 1 aliphatic rings. The molecule has 1 fully saturated rings. The van der Waals surface area contributed by atoms with Gasteiger partial charge < -0.3 is 16.0 Å². The van der Waals surface area contributed by atoms with Gasteiger partial charge in [0.25, 0.3) is 0 Å². The minimum Gasteiger partial charge on any atom is -0.330 e. The van der Waals surface area contributed by atoms with Crippen molar-refractivity contribution in [1.29, 1.82) is 0 Å². The smallest absolute Gasteiger partial charge is 0.0101 e. The molecular weight excluding hydrogens is 150 g/mol. The normalized spacial score (nSPS) is 20.0. The molecule has 3 nitrogen and oxygen atoms in total. The van der Waals surface area contributed by atoms with Crippen LogP contribution in [-0.2, 0) is 0 Å². The minimum atomic E-state index is 0.478. The van der Waals surface area contributed by atoms with Crippen LogP contribution in [0.1, 0.15) is 12.8 Å². The van der Waals surface area contributed by atoms with E-state index in [2.05, 4.69) is 24.3 Å². The second-order valence-corrected chi connectivity index (χ2v) is 4.18. The summed E-state index contributed by atoms with van der Waals surface area (Å²) in [5, 5.41) is 3.45. The molecule has 1 saturated carbocycles. The Morgan fingerprint density at radius 2 is 2.08 bits per heavy atom. The monoisotopic (exact) mass is 171 g/mol. The van der Waals surface area contributed by atoms with Gasteiger partial charge in [0.15, 0.2) is 0 Å². The summed E-state index contributed by atoms with van der Waals surface area (Å²) in [6.45, 7) is 4.15. The largest absolute Gasteiger partial charge is 0.330 e. The average Bonchev–Trinajstić information content (AvgIpc) is 2.79. The molecule has 0 heterocycles. The fourth-order valence-electron chi connectivity index (χ4n) is 1.29. The van der Waals surface area contributed by atoms with Gasteiger partial charge in [0, 0.05) is 19.6 Å². The molecule has 1 aliphatic carbocycles. The van der Waals surface area contributed by atoms with Gasteiger partial charge in [-0.05, 0) is 38.9 Å². The van der Waals surface area contributed by atoms with Gasteiger partial charge in [-0.15, -0.1) is 0 Å². The fourth-order valence-corrected chi connectivity index (χ4v) is 1.29. The van der Waals surface area contributed by atoms with Crippen LogP contribution >= 0.6 is 0 Å². The van der Waals surface area contributed by atoms with Crippen LogP contribution < -0.4 is 11.1 Å². The van der Waals surface area contributed by atoms with Gasteiger partial charge in [-0.2, -0.15) is 0 Å². The average molecular weight is 171 g/mol. The van der Waals surface area contributed by atoms with Gasteiger partial charge in [-0.3, -0.25) is 0 Å². The van der Waals surface area contributed by atoms with Crippen molar-refractivity contribution < 1.29 is 0 Å². The first kappa shape index (κ1) is 9.96. The molecule has 0 atom stereocenters. The molecule has 0 radical (unpaired) electrons. The van der Waals surface area contributed by atoms with Crippen molar-refractivity contribution >= 4 is 0 Å². The van der Waals surface area contributed by atoms with Crippen LogP contribution in [0, 0.1) is 5.41 Å². The Hall–Kier alpha value is -0.120. The molecule has 3 N–H and O–H groups in total. The van der Waals surface area contributed by atoms with Crippen LogP contribution in [0.3, 0.4) is 0 Å². The van der Waals surface area contributed by atoms with E-state index in [9.17, 15) is 0 Å². The van der Waals surface area contributed by atoms with Gasteiger partial charge in [-0.1, -0.05) is 0 Å². The maximum Gasteiger partial charge on any atom is 0.0101 e. The summed E-state index contributed by atoms with van der Waals surface area (Å²) >= 11 is 0. The van der Waals surface area contributed by atoms with E-state index in [1.807, 2.05) is 0 Å². The third-order valence-electron chi connectivity index (χ3n) is 2.63. The maximum absolute atomic E-state index is 5.66. The summed E-state index contributed by atoms with van der Waals surface area (Å²) in [4.78, 5) is 2.19. The molecule has 72 valence electrons. The van der Waals surface area contributed by atoms with Gasteiger partial charge in [-0.25, -0.2) is 0 Å². The van der Waals surface area contributed by atoms with Crippen molar-refractivity contribution in [3.8, 4) is 0 Å². The fraction of sp³-hybridized carbons (Fsp3) is 1.00. The van der Waals surface area contributed by atoms with Crippen molar-refractivity contribution in [2.75, 3.05) is 40.3 Å². The van der Waals surface area contributed by atoms with Gasteiger partial charge >= 0.3 is 0 Å². The predicted octanol–water partition coefficient (Wildman–Crippen LogP) is -0.123. The molecule has 0 aromatic heterocycles. The van der Waals surface area contributed by atoms with Gasteiger partial charge in [0.1, 0.15) is 0 Å². The van der Waals surface area contributed by atoms with Crippen molar-refractivity contribution in [3.63, 3.8) is 0 Å². The molecule has 3 heteroatoms. The van der Waals surface area contributed by atoms with E-state index in [0.29, 0.717) is 5.41 Å². The number of rotatable bonds is 6. The molecule has 0 aromatic carbocycles. The molecular formula is C9H21N3. The quantitative estimate of drug-likeness (QED) is 0.547. The van der Waals surface area contributed by atoms with Crippen LogP contribution in [0.4, 0.5) is 0 Å². The summed E-state index contributed by atoms with van der Waals surface area (Å²) < 4.78 is 0. The minimum absolute atomic E-state index is 0.478. The zero-order chi connectivity index (χ0) is 9.03. The van der Waals surface area contributed by atoms with Crippen LogP contribution in [0.15, 0.2) is 0 Å². The topological polar surface area (TPSA) is 41.3 Å². The lowest BCUT2D eigenvalue weighted by molar-refractivity contribution is 0.382. The highest BCUT2D eigenvalue weighted by molar-refractivity contribution is 4.95. The zero-order valence-electron chi connectivity index (χ0n) is 8.27. The summed E-state index contributed by atoms with van der Waals surface area (Å²) in [5.74, 6) is 0. The van der Waals surface area contributed by atoms with Gasteiger partial charge in [0.05, 0.1) is 0 Å². The summed E-state index contributed by atoms with van der Waals surface area (Å²) in [5.41, 5.74) is 6.14. The lowest BCUT2D eigenvalue weighted by atomic mass is 10.1. The Morgan fingerprint density at radius 3 is 2.50 bits per heavy atom. The van der Waals surface area contributed by atoms with E-state index in [4.69, 9.17) is 5.73 Å². The highest BCUT2D eigenvalue weighted by atomic mass is 15.1. The highest BCUT2D eigenvalue weighted by Crippen LogP contribution is 2.43. The first-order chi connectivity index (χ1) is 5.68. The molecule has 0 aromatic rings. The Morgan fingerprint density at radius 1 is 1.42 bits per heavy atom. The van der Waals surface area contributed by atoms with Crippen molar-refractivity contribution in [2.45, 2.75) is 12.8 Å². The lowest BCUT2D eigenvalue weighted by Crippen LogP contribution is -2.33. The van der Waals surface area contributed by atoms with Crippen LogP contribution in [-0.4, -0.2) is 45.2 Å².